The van der Waals surface area contributed by atoms with Crippen molar-refractivity contribution < 1.29 is 9.59 Å². The van der Waals surface area contributed by atoms with Crippen molar-refractivity contribution in [1.82, 2.24) is 5.32 Å². The molecule has 0 fully saturated rings. The van der Waals surface area contributed by atoms with Crippen LogP contribution in [0.5, 0.6) is 0 Å². The number of carbonyl (C=O) groups is 2. The molecule has 2 aromatic rings. The van der Waals surface area contributed by atoms with Crippen LogP contribution in [0.25, 0.3) is 0 Å². The zero-order chi connectivity index (χ0) is 16.8. The van der Waals surface area contributed by atoms with Crippen LogP contribution in [0.15, 0.2) is 47.4 Å². The number of benzene rings is 2. The molecule has 0 atom stereocenters. The fourth-order valence-electron chi connectivity index (χ4n) is 1.88. The lowest BCUT2D eigenvalue weighted by Gasteiger charge is -2.09. The first-order chi connectivity index (χ1) is 11.0. The van der Waals surface area contributed by atoms with Crippen LogP contribution in [0.4, 0.5) is 5.69 Å². The van der Waals surface area contributed by atoms with Gasteiger partial charge in [0.1, 0.15) is 0 Å². The third-order valence-corrected chi connectivity index (χ3v) is 4.46. The Kier molecular flexibility index (Phi) is 6.07. The van der Waals surface area contributed by atoms with Crippen molar-refractivity contribution in [2.24, 2.45) is 0 Å². The van der Waals surface area contributed by atoms with E-state index in [-0.39, 0.29) is 17.6 Å². The largest absolute Gasteiger partial charge is 0.355 e. The molecule has 0 spiro atoms. The van der Waals surface area contributed by atoms with E-state index in [4.69, 9.17) is 11.6 Å². The minimum Gasteiger partial charge on any atom is -0.355 e. The molecule has 0 aliphatic carbocycles. The van der Waals surface area contributed by atoms with Gasteiger partial charge in [0.25, 0.3) is 5.91 Å². The lowest BCUT2D eigenvalue weighted by molar-refractivity contribution is -0.113. The molecule has 4 nitrogen and oxygen atoms in total. The number of hydrogen-bond acceptors (Lipinski definition) is 3. The van der Waals surface area contributed by atoms with Crippen LogP contribution in [0.1, 0.15) is 15.9 Å². The van der Waals surface area contributed by atoms with Gasteiger partial charge in [-0.3, -0.25) is 9.59 Å². The molecule has 0 bridgehead atoms. The van der Waals surface area contributed by atoms with Crippen LogP contribution in [0.2, 0.25) is 5.02 Å². The van der Waals surface area contributed by atoms with Gasteiger partial charge >= 0.3 is 0 Å². The van der Waals surface area contributed by atoms with Gasteiger partial charge in [0.15, 0.2) is 0 Å². The highest BCUT2D eigenvalue weighted by Crippen LogP contribution is 2.24. The SMILES string of the molecule is CNC(=O)c1ccc(Cl)c(NC(=O)CSc2ccc(C)cc2)c1. The smallest absolute Gasteiger partial charge is 0.251 e. The van der Waals surface area contributed by atoms with Crippen molar-refractivity contribution >= 4 is 40.9 Å². The summed E-state index contributed by atoms with van der Waals surface area (Å²) >= 11 is 7.51. The average molecular weight is 349 g/mol. The Bertz CT molecular complexity index is 717. The maximum Gasteiger partial charge on any atom is 0.251 e. The second kappa shape index (κ2) is 8.04. The molecule has 2 N–H and O–H groups in total. The number of anilines is 1. The van der Waals surface area contributed by atoms with E-state index >= 15 is 0 Å². The van der Waals surface area contributed by atoms with E-state index in [1.54, 1.807) is 25.2 Å². The molecule has 120 valence electrons. The molecule has 0 unspecified atom stereocenters. The number of amides is 2. The summed E-state index contributed by atoms with van der Waals surface area (Å²) in [6, 6.07) is 12.7. The quantitative estimate of drug-likeness (QED) is 0.809. The number of nitrogens with one attached hydrogen (secondary N) is 2. The zero-order valence-corrected chi connectivity index (χ0v) is 14.4. The van der Waals surface area contributed by atoms with E-state index < -0.39 is 0 Å². The van der Waals surface area contributed by atoms with E-state index in [0.717, 1.165) is 4.90 Å². The summed E-state index contributed by atoms with van der Waals surface area (Å²) in [7, 11) is 1.55. The average Bonchev–Trinajstić information content (AvgIpc) is 2.55. The fraction of sp³-hybridized carbons (Fsp3) is 0.176. The standard InChI is InChI=1S/C17H17ClN2O2S/c1-11-3-6-13(7-4-11)23-10-16(21)20-15-9-12(17(22)19-2)5-8-14(15)18/h3-9H,10H2,1-2H3,(H,19,22)(H,20,21). The molecule has 2 amide bonds. The third-order valence-electron chi connectivity index (χ3n) is 3.12. The number of rotatable bonds is 5. The summed E-state index contributed by atoms with van der Waals surface area (Å²) in [5.74, 6) is -0.137. The van der Waals surface area contributed by atoms with Gasteiger partial charge in [-0.05, 0) is 37.3 Å². The first kappa shape index (κ1) is 17.4. The van der Waals surface area contributed by atoms with Gasteiger partial charge in [0.2, 0.25) is 5.91 Å². The summed E-state index contributed by atoms with van der Waals surface area (Å²) in [4.78, 5) is 24.7. The maximum absolute atomic E-state index is 12.1. The van der Waals surface area contributed by atoms with Gasteiger partial charge in [-0.15, -0.1) is 11.8 Å². The number of aryl methyl sites for hydroxylation is 1. The number of hydrogen-bond donors (Lipinski definition) is 2. The Morgan fingerprint density at radius 3 is 2.48 bits per heavy atom. The van der Waals surface area contributed by atoms with E-state index in [9.17, 15) is 9.59 Å². The molecule has 0 radical (unpaired) electrons. The molecule has 23 heavy (non-hydrogen) atoms. The summed E-state index contributed by atoms with van der Waals surface area (Å²) in [6.45, 7) is 2.02. The minimum atomic E-state index is -0.230. The lowest BCUT2D eigenvalue weighted by atomic mass is 10.2. The van der Waals surface area contributed by atoms with Gasteiger partial charge in [-0.1, -0.05) is 29.3 Å². The Morgan fingerprint density at radius 1 is 1.13 bits per heavy atom. The summed E-state index contributed by atoms with van der Waals surface area (Å²) in [5, 5.41) is 5.67. The molecule has 0 aliphatic heterocycles. The van der Waals surface area contributed by atoms with Crippen LogP contribution in [-0.4, -0.2) is 24.6 Å². The van der Waals surface area contributed by atoms with Crippen LogP contribution < -0.4 is 10.6 Å². The highest BCUT2D eigenvalue weighted by atomic mass is 35.5. The molecular weight excluding hydrogens is 332 g/mol. The van der Waals surface area contributed by atoms with E-state index in [1.807, 2.05) is 31.2 Å². The molecule has 0 heterocycles. The Hall–Kier alpha value is -1.98. The van der Waals surface area contributed by atoms with E-state index in [1.165, 1.54) is 17.3 Å². The van der Waals surface area contributed by atoms with E-state index in [2.05, 4.69) is 10.6 Å². The minimum absolute atomic E-state index is 0.175. The zero-order valence-electron chi connectivity index (χ0n) is 12.9. The highest BCUT2D eigenvalue weighted by molar-refractivity contribution is 8.00. The summed E-state index contributed by atoms with van der Waals surface area (Å²) < 4.78 is 0. The number of carbonyl (C=O) groups excluding carboxylic acids is 2. The molecule has 2 aromatic carbocycles. The number of thioether (sulfide) groups is 1. The van der Waals surface area contributed by atoms with Gasteiger partial charge in [-0.25, -0.2) is 0 Å². The van der Waals surface area contributed by atoms with Crippen molar-refractivity contribution in [3.8, 4) is 0 Å². The van der Waals surface area contributed by atoms with Crippen molar-refractivity contribution in [3.05, 3.63) is 58.6 Å². The monoisotopic (exact) mass is 348 g/mol. The third kappa shape index (κ3) is 5.01. The van der Waals surface area contributed by atoms with Gasteiger partial charge in [-0.2, -0.15) is 0 Å². The van der Waals surface area contributed by atoms with Crippen molar-refractivity contribution in [2.75, 3.05) is 18.1 Å². The second-order valence-electron chi connectivity index (χ2n) is 4.92. The van der Waals surface area contributed by atoms with Crippen molar-refractivity contribution in [1.29, 1.82) is 0 Å². The van der Waals surface area contributed by atoms with Crippen LogP contribution >= 0.6 is 23.4 Å². The molecular formula is C17H17ClN2O2S. The number of halogens is 1. The molecule has 0 aliphatic rings. The van der Waals surface area contributed by atoms with Gasteiger partial charge in [0.05, 0.1) is 16.5 Å². The Labute approximate surface area is 144 Å². The molecule has 6 heteroatoms. The van der Waals surface area contributed by atoms with Crippen LogP contribution in [0, 0.1) is 6.92 Å². The van der Waals surface area contributed by atoms with Gasteiger partial charge < -0.3 is 10.6 Å². The molecule has 2 rings (SSSR count). The highest BCUT2D eigenvalue weighted by Gasteiger charge is 2.10. The topological polar surface area (TPSA) is 58.2 Å². The molecule has 0 saturated heterocycles. The van der Waals surface area contributed by atoms with Crippen molar-refractivity contribution in [2.45, 2.75) is 11.8 Å². The Balaban J connectivity index is 1.99. The Morgan fingerprint density at radius 2 is 1.83 bits per heavy atom. The molecule has 0 saturated carbocycles. The first-order valence-electron chi connectivity index (χ1n) is 7.00. The van der Waals surface area contributed by atoms with Crippen LogP contribution in [0.3, 0.4) is 0 Å². The normalized spacial score (nSPS) is 10.2. The first-order valence-corrected chi connectivity index (χ1v) is 8.37. The molecule has 0 aromatic heterocycles. The lowest BCUT2D eigenvalue weighted by Crippen LogP contribution is -2.19. The van der Waals surface area contributed by atoms with Crippen molar-refractivity contribution in [3.63, 3.8) is 0 Å². The van der Waals surface area contributed by atoms with E-state index in [0.29, 0.717) is 16.3 Å². The predicted molar refractivity (Wildman–Crippen MR) is 95.4 cm³/mol. The fourth-order valence-corrected chi connectivity index (χ4v) is 2.74. The summed E-state index contributed by atoms with van der Waals surface area (Å²) in [6.07, 6.45) is 0. The van der Waals surface area contributed by atoms with Crippen LogP contribution in [-0.2, 0) is 4.79 Å². The maximum atomic E-state index is 12.1. The predicted octanol–water partition coefficient (Wildman–Crippen LogP) is 3.74. The van der Waals surface area contributed by atoms with Gasteiger partial charge in [0, 0.05) is 17.5 Å². The summed E-state index contributed by atoms with van der Waals surface area (Å²) in [5.41, 5.74) is 2.05. The second-order valence-corrected chi connectivity index (χ2v) is 6.38.